The molecule has 6 heteroatoms. The van der Waals surface area contributed by atoms with Gasteiger partial charge in [0.25, 0.3) is 0 Å². The van der Waals surface area contributed by atoms with E-state index < -0.39 is 0 Å². The topological polar surface area (TPSA) is 69.0 Å². The molecule has 0 unspecified atom stereocenters. The first-order chi connectivity index (χ1) is 11.1. The average Bonchev–Trinajstić information content (AvgIpc) is 3.15. The van der Waals surface area contributed by atoms with E-state index in [9.17, 15) is 4.79 Å². The summed E-state index contributed by atoms with van der Waals surface area (Å²) in [6.45, 7) is 4.76. The number of nitrogens with one attached hydrogen (secondary N) is 1. The monoisotopic (exact) mass is 314 g/mol. The van der Waals surface area contributed by atoms with Crippen molar-refractivity contribution in [3.63, 3.8) is 0 Å². The van der Waals surface area contributed by atoms with Crippen LogP contribution in [0.25, 0.3) is 5.82 Å². The maximum atomic E-state index is 12.0. The molecule has 1 aliphatic heterocycles. The van der Waals surface area contributed by atoms with Crippen LogP contribution >= 0.6 is 0 Å². The van der Waals surface area contributed by atoms with Crippen LogP contribution in [-0.4, -0.2) is 33.4 Å². The molecule has 6 nitrogen and oxygen atoms in total. The van der Waals surface area contributed by atoms with E-state index in [2.05, 4.69) is 15.4 Å². The summed E-state index contributed by atoms with van der Waals surface area (Å²) in [4.78, 5) is 16.3. The van der Waals surface area contributed by atoms with Crippen molar-refractivity contribution >= 4 is 11.6 Å². The van der Waals surface area contributed by atoms with Crippen LogP contribution in [0.3, 0.4) is 0 Å². The van der Waals surface area contributed by atoms with E-state index in [0.29, 0.717) is 12.1 Å². The van der Waals surface area contributed by atoms with Gasteiger partial charge in [0.2, 0.25) is 5.91 Å². The van der Waals surface area contributed by atoms with Crippen LogP contribution in [0.15, 0.2) is 24.4 Å². The molecule has 0 aromatic carbocycles. The Morgan fingerprint density at radius 2 is 2.30 bits per heavy atom. The zero-order valence-corrected chi connectivity index (χ0v) is 13.6. The average molecular weight is 314 g/mol. The number of amides is 1. The second kappa shape index (κ2) is 6.91. The Morgan fingerprint density at radius 3 is 2.91 bits per heavy atom. The molecule has 1 N–H and O–H groups in total. The largest absolute Gasteiger partial charge is 0.378 e. The number of rotatable bonds is 5. The van der Waals surface area contributed by atoms with Crippen molar-refractivity contribution in [2.45, 2.75) is 45.6 Å². The van der Waals surface area contributed by atoms with Gasteiger partial charge in [-0.25, -0.2) is 9.67 Å². The first-order valence-electron chi connectivity index (χ1n) is 8.03. The summed E-state index contributed by atoms with van der Waals surface area (Å²) in [7, 11) is 0. The summed E-state index contributed by atoms with van der Waals surface area (Å²) in [5.74, 6) is 0.745. The Kier molecular flexibility index (Phi) is 4.71. The van der Waals surface area contributed by atoms with Crippen molar-refractivity contribution in [3.05, 3.63) is 35.8 Å². The summed E-state index contributed by atoms with van der Waals surface area (Å²) in [5.41, 5.74) is 2.69. The quantitative estimate of drug-likeness (QED) is 0.921. The highest BCUT2D eigenvalue weighted by Gasteiger charge is 2.16. The molecule has 1 saturated heterocycles. The van der Waals surface area contributed by atoms with Crippen LogP contribution in [0.1, 0.15) is 37.1 Å². The molecular formula is C17H22N4O2. The van der Waals surface area contributed by atoms with Crippen molar-refractivity contribution < 1.29 is 9.53 Å². The molecule has 3 heterocycles. The molecule has 0 bridgehead atoms. The van der Waals surface area contributed by atoms with E-state index in [1.807, 2.05) is 32.0 Å². The molecule has 1 atom stereocenters. The number of pyridine rings is 1. The third-order valence-corrected chi connectivity index (χ3v) is 3.98. The third-order valence-electron chi connectivity index (χ3n) is 3.98. The predicted molar refractivity (Wildman–Crippen MR) is 87.7 cm³/mol. The molecule has 0 radical (unpaired) electrons. The maximum absolute atomic E-state index is 12.0. The third kappa shape index (κ3) is 3.96. The van der Waals surface area contributed by atoms with E-state index in [0.717, 1.165) is 43.1 Å². The lowest BCUT2D eigenvalue weighted by molar-refractivity contribution is -0.116. The summed E-state index contributed by atoms with van der Waals surface area (Å²) < 4.78 is 7.32. The second-order valence-corrected chi connectivity index (χ2v) is 5.97. The van der Waals surface area contributed by atoms with Crippen molar-refractivity contribution in [2.75, 3.05) is 11.9 Å². The molecule has 1 fully saturated rings. The molecule has 0 spiro atoms. The number of carbonyl (C=O) groups is 1. The lowest BCUT2D eigenvalue weighted by Crippen LogP contribution is -2.15. The number of hydrogen-bond donors (Lipinski definition) is 1. The Labute approximate surface area is 135 Å². The van der Waals surface area contributed by atoms with Gasteiger partial charge in [-0.1, -0.05) is 0 Å². The van der Waals surface area contributed by atoms with Gasteiger partial charge in [0.15, 0.2) is 5.82 Å². The SMILES string of the molecule is Cc1cc(C)n(-c2ccc(NC(=O)CC[C@H]3CCCO3)cn2)n1. The molecule has 2 aromatic rings. The normalized spacial score (nSPS) is 17.4. The van der Waals surface area contributed by atoms with Crippen LogP contribution < -0.4 is 5.32 Å². The van der Waals surface area contributed by atoms with Gasteiger partial charge in [0.1, 0.15) is 0 Å². The number of aromatic nitrogens is 3. The van der Waals surface area contributed by atoms with Crippen LogP contribution in [0.2, 0.25) is 0 Å². The maximum Gasteiger partial charge on any atom is 0.224 e. The van der Waals surface area contributed by atoms with Gasteiger partial charge >= 0.3 is 0 Å². The number of nitrogens with zero attached hydrogens (tertiary/aromatic N) is 3. The summed E-state index contributed by atoms with van der Waals surface area (Å²) in [6, 6.07) is 5.71. The Balaban J connectivity index is 1.56. The number of hydrogen-bond acceptors (Lipinski definition) is 4. The van der Waals surface area contributed by atoms with E-state index in [4.69, 9.17) is 4.74 Å². The molecule has 122 valence electrons. The van der Waals surface area contributed by atoms with Gasteiger partial charge < -0.3 is 10.1 Å². The van der Waals surface area contributed by atoms with Crippen molar-refractivity contribution in [3.8, 4) is 5.82 Å². The molecule has 0 aliphatic carbocycles. The van der Waals surface area contributed by atoms with E-state index in [1.54, 1.807) is 10.9 Å². The van der Waals surface area contributed by atoms with Gasteiger partial charge in [-0.2, -0.15) is 5.10 Å². The highest BCUT2D eigenvalue weighted by molar-refractivity contribution is 5.90. The standard InChI is InChI=1S/C17H22N4O2/c1-12-10-13(2)21(20-12)16-7-5-14(11-18-16)19-17(22)8-6-15-4-3-9-23-15/h5,7,10-11,15H,3-4,6,8-9H2,1-2H3,(H,19,22)/t15-/m1/s1. The lowest BCUT2D eigenvalue weighted by Gasteiger charge is -2.10. The molecule has 3 rings (SSSR count). The smallest absolute Gasteiger partial charge is 0.224 e. The Bertz CT molecular complexity index is 672. The minimum absolute atomic E-state index is 0.00108. The van der Waals surface area contributed by atoms with Gasteiger partial charge in [0, 0.05) is 18.7 Å². The molecular weight excluding hydrogens is 292 g/mol. The molecule has 0 saturated carbocycles. The van der Waals surface area contributed by atoms with Gasteiger partial charge in [0.05, 0.1) is 23.7 Å². The van der Waals surface area contributed by atoms with Crippen LogP contribution in [0, 0.1) is 13.8 Å². The summed E-state index contributed by atoms with van der Waals surface area (Å²) in [5, 5.41) is 7.28. The predicted octanol–water partition coefficient (Wildman–Crippen LogP) is 2.78. The van der Waals surface area contributed by atoms with Crippen LogP contribution in [-0.2, 0) is 9.53 Å². The fourth-order valence-electron chi connectivity index (χ4n) is 2.83. The highest BCUT2D eigenvalue weighted by atomic mass is 16.5. The fourth-order valence-corrected chi connectivity index (χ4v) is 2.83. The van der Waals surface area contributed by atoms with Crippen LogP contribution in [0.5, 0.6) is 0 Å². The van der Waals surface area contributed by atoms with Crippen molar-refractivity contribution in [2.24, 2.45) is 0 Å². The second-order valence-electron chi connectivity index (χ2n) is 5.97. The van der Waals surface area contributed by atoms with E-state index >= 15 is 0 Å². The minimum atomic E-state index is 0.00108. The summed E-state index contributed by atoms with van der Waals surface area (Å²) >= 11 is 0. The van der Waals surface area contributed by atoms with Crippen LogP contribution in [0.4, 0.5) is 5.69 Å². The Hall–Kier alpha value is -2.21. The van der Waals surface area contributed by atoms with Gasteiger partial charge in [-0.05, 0) is 51.3 Å². The van der Waals surface area contributed by atoms with Gasteiger partial charge in [-0.15, -0.1) is 0 Å². The lowest BCUT2D eigenvalue weighted by atomic mass is 10.1. The van der Waals surface area contributed by atoms with E-state index in [-0.39, 0.29) is 12.0 Å². The zero-order valence-electron chi connectivity index (χ0n) is 13.6. The highest BCUT2D eigenvalue weighted by Crippen LogP contribution is 2.17. The van der Waals surface area contributed by atoms with Crippen molar-refractivity contribution in [1.29, 1.82) is 0 Å². The minimum Gasteiger partial charge on any atom is -0.378 e. The first-order valence-corrected chi connectivity index (χ1v) is 8.03. The molecule has 1 amide bonds. The van der Waals surface area contributed by atoms with E-state index in [1.165, 1.54) is 0 Å². The number of aryl methyl sites for hydroxylation is 2. The Morgan fingerprint density at radius 1 is 1.43 bits per heavy atom. The molecule has 1 aliphatic rings. The number of ether oxygens (including phenoxy) is 1. The van der Waals surface area contributed by atoms with Gasteiger partial charge in [-0.3, -0.25) is 4.79 Å². The molecule has 2 aromatic heterocycles. The number of carbonyl (C=O) groups excluding carboxylic acids is 1. The molecule has 23 heavy (non-hydrogen) atoms. The zero-order chi connectivity index (χ0) is 16.2. The fraction of sp³-hybridized carbons (Fsp3) is 0.471. The summed E-state index contributed by atoms with van der Waals surface area (Å²) in [6.07, 6.45) is 5.33. The van der Waals surface area contributed by atoms with Crippen molar-refractivity contribution in [1.82, 2.24) is 14.8 Å². The first kappa shape index (κ1) is 15.7. The number of anilines is 1.